The predicted molar refractivity (Wildman–Crippen MR) is 116 cm³/mol. The summed E-state index contributed by atoms with van der Waals surface area (Å²) in [7, 11) is 1.72. The van der Waals surface area contributed by atoms with Crippen molar-refractivity contribution < 1.29 is 4.74 Å². The number of aromatic amines is 1. The Morgan fingerprint density at radius 1 is 1.24 bits per heavy atom. The summed E-state index contributed by atoms with van der Waals surface area (Å²) in [5, 5.41) is 8.57. The highest BCUT2D eigenvalue weighted by Crippen LogP contribution is 2.29. The van der Waals surface area contributed by atoms with Gasteiger partial charge in [-0.3, -0.25) is 10.1 Å². The summed E-state index contributed by atoms with van der Waals surface area (Å²) in [6, 6.07) is 8.02. The molecule has 2 aromatic heterocycles. The summed E-state index contributed by atoms with van der Waals surface area (Å²) in [6.45, 7) is 5.76. The molecule has 0 spiro atoms. The van der Waals surface area contributed by atoms with E-state index in [1.165, 1.54) is 0 Å². The van der Waals surface area contributed by atoms with Gasteiger partial charge in [-0.05, 0) is 31.5 Å². The van der Waals surface area contributed by atoms with Gasteiger partial charge in [-0.25, -0.2) is 9.97 Å². The number of morpholine rings is 1. The predicted octanol–water partition coefficient (Wildman–Crippen LogP) is 2.63. The molecule has 8 nitrogen and oxygen atoms in total. The molecule has 0 aliphatic carbocycles. The summed E-state index contributed by atoms with van der Waals surface area (Å²) in [5.74, 6) is 0.880. The maximum atomic E-state index is 5.84. The number of hydrogen-bond acceptors (Lipinski definition) is 7. The summed E-state index contributed by atoms with van der Waals surface area (Å²) in [6.07, 6.45) is 5.21. The molecule has 0 amide bonds. The van der Waals surface area contributed by atoms with Crippen LogP contribution in [0.1, 0.15) is 19.4 Å². The standard InChI is InChI=1S/C21H25N7O/c1-13-10-28(11-14(2)29-13)20-7-19(24-12-25-20)21-17-6-15(16(8-22)9-23-3)4-5-18(17)26-27-21/h4-9,12-14H,10-11,22H2,1-3H3,(H,26,27)/t13-,14?/m1/s1. The second-order valence-corrected chi connectivity index (χ2v) is 7.27. The molecule has 1 aliphatic rings. The van der Waals surface area contributed by atoms with Gasteiger partial charge in [-0.2, -0.15) is 5.10 Å². The number of anilines is 1. The number of aliphatic imine (C=N–C) groups is 1. The van der Waals surface area contributed by atoms with Gasteiger partial charge < -0.3 is 15.4 Å². The van der Waals surface area contributed by atoms with E-state index in [0.29, 0.717) is 0 Å². The Morgan fingerprint density at radius 2 is 2.03 bits per heavy atom. The van der Waals surface area contributed by atoms with Crippen LogP contribution >= 0.6 is 0 Å². The number of benzene rings is 1. The fraction of sp³-hybridized carbons (Fsp3) is 0.333. The van der Waals surface area contributed by atoms with Gasteiger partial charge in [0.1, 0.15) is 17.8 Å². The maximum absolute atomic E-state index is 5.84. The molecule has 0 radical (unpaired) electrons. The average Bonchev–Trinajstić information content (AvgIpc) is 3.14. The Kier molecular flexibility index (Phi) is 5.26. The van der Waals surface area contributed by atoms with Crippen LogP contribution in [0.2, 0.25) is 0 Å². The molecule has 3 heterocycles. The van der Waals surface area contributed by atoms with Crippen LogP contribution in [-0.2, 0) is 4.74 Å². The Morgan fingerprint density at radius 3 is 2.76 bits per heavy atom. The van der Waals surface area contributed by atoms with Crippen molar-refractivity contribution in [3.05, 3.63) is 42.4 Å². The van der Waals surface area contributed by atoms with E-state index < -0.39 is 0 Å². The monoisotopic (exact) mass is 391 g/mol. The Balaban J connectivity index is 1.73. The van der Waals surface area contributed by atoms with Crippen molar-refractivity contribution in [1.82, 2.24) is 20.2 Å². The number of fused-ring (bicyclic) bond motifs is 1. The number of allylic oxidation sites excluding steroid dienone is 1. The quantitative estimate of drug-likeness (QED) is 0.663. The third-order valence-corrected chi connectivity index (χ3v) is 4.98. The van der Waals surface area contributed by atoms with Gasteiger partial charge in [0.15, 0.2) is 0 Å². The molecule has 4 rings (SSSR count). The van der Waals surface area contributed by atoms with Crippen LogP contribution in [0.15, 0.2) is 41.8 Å². The zero-order chi connectivity index (χ0) is 20.4. The summed E-state index contributed by atoms with van der Waals surface area (Å²) < 4.78 is 5.84. The molecule has 1 saturated heterocycles. The van der Waals surface area contributed by atoms with Crippen molar-refractivity contribution in [1.29, 1.82) is 0 Å². The number of H-pyrrole nitrogens is 1. The number of aromatic nitrogens is 4. The molecule has 150 valence electrons. The van der Waals surface area contributed by atoms with Crippen molar-refractivity contribution in [2.24, 2.45) is 10.7 Å². The van der Waals surface area contributed by atoms with E-state index >= 15 is 0 Å². The first-order valence-electron chi connectivity index (χ1n) is 9.64. The Bertz CT molecular complexity index is 1060. The molecular formula is C21H25N7O. The number of ether oxygens (including phenoxy) is 1. The third kappa shape index (κ3) is 3.84. The van der Waals surface area contributed by atoms with Crippen LogP contribution in [0.3, 0.4) is 0 Å². The smallest absolute Gasteiger partial charge is 0.132 e. The first kappa shape index (κ1) is 19.1. The van der Waals surface area contributed by atoms with Crippen LogP contribution in [0.5, 0.6) is 0 Å². The van der Waals surface area contributed by atoms with Crippen LogP contribution in [0, 0.1) is 0 Å². The fourth-order valence-corrected chi connectivity index (χ4v) is 3.76. The molecule has 0 bridgehead atoms. The molecular weight excluding hydrogens is 366 g/mol. The molecule has 29 heavy (non-hydrogen) atoms. The highest BCUT2D eigenvalue weighted by atomic mass is 16.5. The van der Waals surface area contributed by atoms with Crippen molar-refractivity contribution in [3.63, 3.8) is 0 Å². The Hall–Kier alpha value is -3.26. The second kappa shape index (κ2) is 8.00. The highest BCUT2D eigenvalue weighted by Gasteiger charge is 2.24. The fourth-order valence-electron chi connectivity index (χ4n) is 3.76. The van der Waals surface area contributed by atoms with Crippen LogP contribution < -0.4 is 10.6 Å². The van der Waals surface area contributed by atoms with E-state index in [2.05, 4.69) is 50.0 Å². The zero-order valence-electron chi connectivity index (χ0n) is 16.8. The summed E-state index contributed by atoms with van der Waals surface area (Å²) in [5.41, 5.74) is 10.1. The third-order valence-electron chi connectivity index (χ3n) is 4.98. The van der Waals surface area contributed by atoms with Gasteiger partial charge in [0.2, 0.25) is 0 Å². The lowest BCUT2D eigenvalue weighted by atomic mass is 10.0. The number of hydrogen-bond donors (Lipinski definition) is 2. The average molecular weight is 391 g/mol. The second-order valence-electron chi connectivity index (χ2n) is 7.27. The first-order chi connectivity index (χ1) is 14.1. The highest BCUT2D eigenvalue weighted by molar-refractivity contribution is 6.11. The van der Waals surface area contributed by atoms with Crippen molar-refractivity contribution in [2.75, 3.05) is 25.0 Å². The number of nitrogens with zero attached hydrogens (tertiary/aromatic N) is 5. The summed E-state index contributed by atoms with van der Waals surface area (Å²) >= 11 is 0. The minimum atomic E-state index is 0.160. The lowest BCUT2D eigenvalue weighted by Crippen LogP contribution is -2.45. The van der Waals surface area contributed by atoms with E-state index in [1.54, 1.807) is 25.8 Å². The van der Waals surface area contributed by atoms with Gasteiger partial charge >= 0.3 is 0 Å². The minimum Gasteiger partial charge on any atom is -0.404 e. The number of nitrogens with two attached hydrogens (primary N) is 1. The minimum absolute atomic E-state index is 0.160. The molecule has 3 N–H and O–H groups in total. The van der Waals surface area contributed by atoms with Crippen molar-refractivity contribution in [3.8, 4) is 11.4 Å². The number of nitrogens with one attached hydrogen (secondary N) is 1. The van der Waals surface area contributed by atoms with E-state index in [4.69, 9.17) is 10.5 Å². The van der Waals surface area contributed by atoms with Gasteiger partial charge in [0, 0.05) is 49.6 Å². The molecule has 1 aromatic carbocycles. The molecule has 0 saturated carbocycles. The zero-order valence-corrected chi connectivity index (χ0v) is 16.8. The summed E-state index contributed by atoms with van der Waals surface area (Å²) in [4.78, 5) is 15.3. The van der Waals surface area contributed by atoms with E-state index in [1.807, 2.05) is 18.2 Å². The molecule has 1 unspecified atom stereocenters. The van der Waals surface area contributed by atoms with Crippen LogP contribution in [0.25, 0.3) is 27.9 Å². The lowest BCUT2D eigenvalue weighted by molar-refractivity contribution is -0.00546. The normalized spacial score (nSPS) is 20.7. The molecule has 1 aliphatic heterocycles. The van der Waals surface area contributed by atoms with Gasteiger partial charge in [-0.15, -0.1) is 0 Å². The SMILES string of the molecule is CN=CC(=CN)c1ccc2[nH]nc(-c3cc(N4CC(C)O[C@H](C)C4)ncn3)c2c1. The number of rotatable bonds is 4. The van der Waals surface area contributed by atoms with E-state index in [9.17, 15) is 0 Å². The van der Waals surface area contributed by atoms with Gasteiger partial charge in [-0.1, -0.05) is 6.07 Å². The van der Waals surface area contributed by atoms with Crippen molar-refractivity contribution in [2.45, 2.75) is 26.1 Å². The van der Waals surface area contributed by atoms with Crippen molar-refractivity contribution >= 4 is 28.5 Å². The van der Waals surface area contributed by atoms with Gasteiger partial charge in [0.25, 0.3) is 0 Å². The van der Waals surface area contributed by atoms with Gasteiger partial charge in [0.05, 0.1) is 23.4 Å². The lowest BCUT2D eigenvalue weighted by Gasteiger charge is -2.36. The molecule has 3 aromatic rings. The molecule has 2 atom stereocenters. The maximum Gasteiger partial charge on any atom is 0.132 e. The molecule has 1 fully saturated rings. The van der Waals surface area contributed by atoms with E-state index in [-0.39, 0.29) is 12.2 Å². The molecule has 8 heteroatoms. The van der Waals surface area contributed by atoms with E-state index in [0.717, 1.165) is 52.3 Å². The van der Waals surface area contributed by atoms with Crippen LogP contribution in [-0.4, -0.2) is 58.7 Å². The first-order valence-corrected chi connectivity index (χ1v) is 9.64. The largest absolute Gasteiger partial charge is 0.404 e. The van der Waals surface area contributed by atoms with Crippen LogP contribution in [0.4, 0.5) is 5.82 Å². The Labute approximate surface area is 169 Å². The topological polar surface area (TPSA) is 105 Å².